The number of hydrogen-bond acceptors (Lipinski definition) is 3. The van der Waals surface area contributed by atoms with Crippen LogP contribution in [0.3, 0.4) is 0 Å². The average Bonchev–Trinajstić information content (AvgIpc) is 2.73. The standard InChI is InChI=1S/C13H23N3O/c1-4-12(9-14)13(17)16(3)8-6-11-5-7-15(2)10-11/h11-12H,4-8,10H2,1-3H3. The maximum Gasteiger partial charge on any atom is 0.239 e. The van der Waals surface area contributed by atoms with Crippen molar-refractivity contribution in [2.45, 2.75) is 26.2 Å². The van der Waals surface area contributed by atoms with Crippen molar-refractivity contribution < 1.29 is 4.79 Å². The Morgan fingerprint density at radius 3 is 2.82 bits per heavy atom. The maximum atomic E-state index is 11.9. The summed E-state index contributed by atoms with van der Waals surface area (Å²) < 4.78 is 0. The molecule has 1 aliphatic heterocycles. The lowest BCUT2D eigenvalue weighted by Crippen LogP contribution is -2.33. The van der Waals surface area contributed by atoms with Gasteiger partial charge in [-0.25, -0.2) is 0 Å². The zero-order valence-electron chi connectivity index (χ0n) is 11.1. The summed E-state index contributed by atoms with van der Waals surface area (Å²) in [6, 6.07) is 2.07. The van der Waals surface area contributed by atoms with E-state index in [0.717, 1.165) is 26.1 Å². The fourth-order valence-corrected chi connectivity index (χ4v) is 2.34. The summed E-state index contributed by atoms with van der Waals surface area (Å²) in [6.07, 6.45) is 2.88. The van der Waals surface area contributed by atoms with Crippen molar-refractivity contribution in [1.29, 1.82) is 5.26 Å². The summed E-state index contributed by atoms with van der Waals surface area (Å²) in [5, 5.41) is 8.86. The Hall–Kier alpha value is -1.08. The van der Waals surface area contributed by atoms with Crippen LogP contribution in [0.25, 0.3) is 0 Å². The molecule has 17 heavy (non-hydrogen) atoms. The van der Waals surface area contributed by atoms with Crippen LogP contribution in [0, 0.1) is 23.2 Å². The minimum Gasteiger partial charge on any atom is -0.345 e. The van der Waals surface area contributed by atoms with E-state index in [1.165, 1.54) is 6.42 Å². The van der Waals surface area contributed by atoms with Crippen LogP contribution in [-0.4, -0.2) is 49.4 Å². The first-order valence-corrected chi connectivity index (χ1v) is 6.41. The molecule has 0 aliphatic carbocycles. The Labute approximate surface area is 104 Å². The third kappa shape index (κ3) is 4.01. The zero-order valence-corrected chi connectivity index (χ0v) is 11.1. The van der Waals surface area contributed by atoms with Crippen LogP contribution in [0.15, 0.2) is 0 Å². The number of amides is 1. The normalized spacial score (nSPS) is 22.1. The topological polar surface area (TPSA) is 47.3 Å². The summed E-state index contributed by atoms with van der Waals surface area (Å²) in [5.41, 5.74) is 0. The molecule has 1 heterocycles. The van der Waals surface area contributed by atoms with Crippen molar-refractivity contribution in [2.75, 3.05) is 33.7 Å². The molecule has 0 radical (unpaired) electrons. The summed E-state index contributed by atoms with van der Waals surface area (Å²) >= 11 is 0. The average molecular weight is 237 g/mol. The van der Waals surface area contributed by atoms with E-state index in [9.17, 15) is 4.79 Å². The molecule has 1 aliphatic rings. The molecule has 1 amide bonds. The Bertz CT molecular complexity index is 298. The summed E-state index contributed by atoms with van der Waals surface area (Å²) in [7, 11) is 3.94. The summed E-state index contributed by atoms with van der Waals surface area (Å²) in [4.78, 5) is 15.9. The predicted molar refractivity (Wildman–Crippen MR) is 67.3 cm³/mol. The number of hydrogen-bond donors (Lipinski definition) is 0. The van der Waals surface area contributed by atoms with Gasteiger partial charge >= 0.3 is 0 Å². The van der Waals surface area contributed by atoms with E-state index in [1.54, 1.807) is 11.9 Å². The molecule has 1 saturated heterocycles. The molecule has 0 aromatic rings. The molecule has 96 valence electrons. The first kappa shape index (κ1) is 14.0. The highest BCUT2D eigenvalue weighted by Gasteiger charge is 2.23. The smallest absolute Gasteiger partial charge is 0.239 e. The molecule has 0 spiro atoms. The van der Waals surface area contributed by atoms with Gasteiger partial charge in [-0.2, -0.15) is 5.26 Å². The van der Waals surface area contributed by atoms with Crippen LogP contribution in [0.2, 0.25) is 0 Å². The van der Waals surface area contributed by atoms with Crippen LogP contribution in [0.5, 0.6) is 0 Å². The van der Waals surface area contributed by atoms with Gasteiger partial charge in [0, 0.05) is 20.1 Å². The highest BCUT2D eigenvalue weighted by atomic mass is 16.2. The molecule has 0 N–H and O–H groups in total. The molecule has 2 unspecified atom stereocenters. The van der Waals surface area contributed by atoms with Crippen LogP contribution >= 0.6 is 0 Å². The second kappa shape index (κ2) is 6.61. The molecular formula is C13H23N3O. The number of carbonyl (C=O) groups excluding carboxylic acids is 1. The Morgan fingerprint density at radius 2 is 2.35 bits per heavy atom. The molecule has 1 rings (SSSR count). The van der Waals surface area contributed by atoms with Crippen molar-refractivity contribution in [3.05, 3.63) is 0 Å². The minimum absolute atomic E-state index is 0.0265. The molecule has 0 bridgehead atoms. The van der Waals surface area contributed by atoms with E-state index < -0.39 is 5.92 Å². The van der Waals surface area contributed by atoms with Crippen LogP contribution in [0.1, 0.15) is 26.2 Å². The molecular weight excluding hydrogens is 214 g/mol. The van der Waals surface area contributed by atoms with Crippen LogP contribution < -0.4 is 0 Å². The van der Waals surface area contributed by atoms with Gasteiger partial charge in [0.05, 0.1) is 6.07 Å². The van der Waals surface area contributed by atoms with E-state index in [-0.39, 0.29) is 5.91 Å². The van der Waals surface area contributed by atoms with E-state index in [0.29, 0.717) is 12.3 Å². The SMILES string of the molecule is CCC(C#N)C(=O)N(C)CCC1CCN(C)C1. The van der Waals surface area contributed by atoms with E-state index >= 15 is 0 Å². The third-order valence-corrected chi connectivity index (χ3v) is 3.60. The molecule has 2 atom stereocenters. The fraction of sp³-hybridized carbons (Fsp3) is 0.846. The first-order valence-electron chi connectivity index (χ1n) is 6.41. The number of likely N-dealkylation sites (tertiary alicyclic amines) is 1. The van der Waals surface area contributed by atoms with Crippen molar-refractivity contribution in [1.82, 2.24) is 9.80 Å². The van der Waals surface area contributed by atoms with Gasteiger partial charge in [0.25, 0.3) is 0 Å². The Balaban J connectivity index is 2.31. The first-order chi connectivity index (χ1) is 8.08. The van der Waals surface area contributed by atoms with Gasteiger partial charge in [-0.05, 0) is 38.8 Å². The second-order valence-electron chi connectivity index (χ2n) is 5.06. The van der Waals surface area contributed by atoms with Gasteiger partial charge in [-0.15, -0.1) is 0 Å². The van der Waals surface area contributed by atoms with Crippen molar-refractivity contribution in [3.63, 3.8) is 0 Å². The molecule has 0 saturated carbocycles. The van der Waals surface area contributed by atoms with Gasteiger partial charge in [-0.3, -0.25) is 4.79 Å². The van der Waals surface area contributed by atoms with Crippen molar-refractivity contribution in [3.8, 4) is 6.07 Å². The highest BCUT2D eigenvalue weighted by Crippen LogP contribution is 2.18. The van der Waals surface area contributed by atoms with Crippen molar-refractivity contribution >= 4 is 5.91 Å². The lowest BCUT2D eigenvalue weighted by Gasteiger charge is -2.21. The Kier molecular flexibility index (Phi) is 5.43. The van der Waals surface area contributed by atoms with Crippen LogP contribution in [0.4, 0.5) is 0 Å². The number of nitriles is 1. The van der Waals surface area contributed by atoms with Crippen molar-refractivity contribution in [2.24, 2.45) is 11.8 Å². The molecule has 4 heteroatoms. The van der Waals surface area contributed by atoms with E-state index in [1.807, 2.05) is 6.92 Å². The summed E-state index contributed by atoms with van der Waals surface area (Å²) in [6.45, 7) is 4.96. The fourth-order valence-electron chi connectivity index (χ4n) is 2.34. The lowest BCUT2D eigenvalue weighted by molar-refractivity contribution is -0.132. The molecule has 1 fully saturated rings. The predicted octanol–water partition coefficient (Wildman–Crippen LogP) is 1.34. The number of nitrogens with zero attached hydrogens (tertiary/aromatic N) is 3. The minimum atomic E-state index is -0.466. The zero-order chi connectivity index (χ0) is 12.8. The van der Waals surface area contributed by atoms with Gasteiger partial charge in [0.1, 0.15) is 5.92 Å². The lowest BCUT2D eigenvalue weighted by atomic mass is 10.0. The molecule has 0 aromatic carbocycles. The molecule has 4 nitrogen and oxygen atoms in total. The number of carbonyl (C=O) groups is 1. The highest BCUT2D eigenvalue weighted by molar-refractivity contribution is 5.80. The van der Waals surface area contributed by atoms with Gasteiger partial charge in [0.15, 0.2) is 0 Å². The molecule has 0 aromatic heterocycles. The maximum absolute atomic E-state index is 11.9. The van der Waals surface area contributed by atoms with Crippen LogP contribution in [-0.2, 0) is 4.79 Å². The van der Waals surface area contributed by atoms with E-state index in [4.69, 9.17) is 5.26 Å². The summed E-state index contributed by atoms with van der Waals surface area (Å²) in [5.74, 6) is 0.213. The second-order valence-corrected chi connectivity index (χ2v) is 5.06. The van der Waals surface area contributed by atoms with Gasteiger partial charge in [0.2, 0.25) is 5.91 Å². The van der Waals surface area contributed by atoms with Gasteiger partial charge in [-0.1, -0.05) is 6.92 Å². The van der Waals surface area contributed by atoms with Gasteiger partial charge < -0.3 is 9.80 Å². The monoisotopic (exact) mass is 237 g/mol. The largest absolute Gasteiger partial charge is 0.345 e. The quantitative estimate of drug-likeness (QED) is 0.725. The number of rotatable bonds is 5. The van der Waals surface area contributed by atoms with E-state index in [2.05, 4.69) is 18.0 Å². The Morgan fingerprint density at radius 1 is 1.65 bits per heavy atom. The third-order valence-electron chi connectivity index (χ3n) is 3.60.